The van der Waals surface area contributed by atoms with Crippen molar-refractivity contribution in [2.24, 2.45) is 5.73 Å². The first kappa shape index (κ1) is 11.6. The summed E-state index contributed by atoms with van der Waals surface area (Å²) >= 11 is 0. The van der Waals surface area contributed by atoms with Crippen molar-refractivity contribution >= 4 is 0 Å². The molecule has 90 valence electrons. The van der Waals surface area contributed by atoms with Crippen molar-refractivity contribution < 1.29 is 4.74 Å². The maximum Gasteiger partial charge on any atom is 0.181 e. The van der Waals surface area contributed by atoms with E-state index in [9.17, 15) is 0 Å². The molecule has 0 bridgehead atoms. The van der Waals surface area contributed by atoms with Gasteiger partial charge in [0.25, 0.3) is 0 Å². The lowest BCUT2D eigenvalue weighted by Gasteiger charge is -2.10. The zero-order valence-corrected chi connectivity index (χ0v) is 10.2. The number of methoxy groups -OCH3 is 1. The number of aromatic amines is 1. The third-order valence-electron chi connectivity index (χ3n) is 2.92. The Labute approximate surface area is 100 Å². The van der Waals surface area contributed by atoms with Gasteiger partial charge in [-0.2, -0.15) is 5.10 Å². The topological polar surface area (TPSA) is 76.8 Å². The number of hydrogen-bond acceptors (Lipinski definition) is 4. The average Bonchev–Trinajstić information content (AvgIpc) is 2.81. The summed E-state index contributed by atoms with van der Waals surface area (Å²) in [6, 6.07) is 3.89. The van der Waals surface area contributed by atoms with Crippen molar-refractivity contribution in [3.05, 3.63) is 29.1 Å². The normalized spacial score (nSPS) is 10.6. The number of nitrogens with one attached hydrogen (secondary N) is 1. The van der Waals surface area contributed by atoms with Crippen LogP contribution in [-0.4, -0.2) is 22.3 Å². The second-order valence-corrected chi connectivity index (χ2v) is 3.88. The van der Waals surface area contributed by atoms with Crippen LogP contribution < -0.4 is 10.5 Å². The second-order valence-electron chi connectivity index (χ2n) is 3.88. The molecule has 5 nitrogen and oxygen atoms in total. The van der Waals surface area contributed by atoms with Crippen LogP contribution in [0, 0.1) is 13.8 Å². The highest BCUT2D eigenvalue weighted by atomic mass is 16.5. The van der Waals surface area contributed by atoms with E-state index >= 15 is 0 Å². The molecular formula is C12H16N4O. The number of aromatic nitrogens is 3. The fourth-order valence-electron chi connectivity index (χ4n) is 1.77. The molecule has 17 heavy (non-hydrogen) atoms. The van der Waals surface area contributed by atoms with Crippen LogP contribution in [0.4, 0.5) is 0 Å². The van der Waals surface area contributed by atoms with E-state index in [1.54, 1.807) is 7.11 Å². The highest BCUT2D eigenvalue weighted by Gasteiger charge is 2.12. The van der Waals surface area contributed by atoms with E-state index in [4.69, 9.17) is 10.5 Å². The predicted octanol–water partition coefficient (Wildman–Crippen LogP) is 1.56. The van der Waals surface area contributed by atoms with Crippen molar-refractivity contribution in [2.45, 2.75) is 20.4 Å². The maximum absolute atomic E-state index is 5.50. The van der Waals surface area contributed by atoms with E-state index < -0.39 is 0 Å². The highest BCUT2D eigenvalue weighted by molar-refractivity contribution is 5.64. The molecule has 5 heteroatoms. The standard InChI is InChI=1S/C12H16N4O/c1-7-8(2)10(17-3)5-4-9(7)12-14-11(6-13)15-16-12/h4-5H,6,13H2,1-3H3,(H,14,15,16). The fraction of sp³-hybridized carbons (Fsp3) is 0.333. The maximum atomic E-state index is 5.50. The van der Waals surface area contributed by atoms with Gasteiger partial charge in [-0.25, -0.2) is 4.98 Å². The van der Waals surface area contributed by atoms with Crippen LogP contribution in [0.5, 0.6) is 5.75 Å². The van der Waals surface area contributed by atoms with Gasteiger partial charge in [-0.15, -0.1) is 0 Å². The Balaban J connectivity index is 2.49. The number of hydrogen-bond donors (Lipinski definition) is 2. The van der Waals surface area contributed by atoms with Crippen molar-refractivity contribution in [1.29, 1.82) is 0 Å². The minimum absolute atomic E-state index is 0.362. The number of benzene rings is 1. The first-order chi connectivity index (χ1) is 8.17. The summed E-state index contributed by atoms with van der Waals surface area (Å²) in [5.41, 5.74) is 8.72. The van der Waals surface area contributed by atoms with Gasteiger partial charge in [-0.1, -0.05) is 0 Å². The van der Waals surface area contributed by atoms with Crippen molar-refractivity contribution in [2.75, 3.05) is 7.11 Å². The first-order valence-electron chi connectivity index (χ1n) is 5.43. The molecule has 0 fully saturated rings. The molecule has 0 aliphatic heterocycles. The van der Waals surface area contributed by atoms with E-state index in [0.717, 1.165) is 22.4 Å². The van der Waals surface area contributed by atoms with Crippen LogP contribution in [0.2, 0.25) is 0 Å². The first-order valence-corrected chi connectivity index (χ1v) is 5.43. The number of rotatable bonds is 3. The van der Waals surface area contributed by atoms with Crippen molar-refractivity contribution in [3.63, 3.8) is 0 Å². The molecule has 0 aliphatic rings. The van der Waals surface area contributed by atoms with Gasteiger partial charge in [-0.05, 0) is 37.1 Å². The minimum Gasteiger partial charge on any atom is -0.496 e. The molecule has 0 radical (unpaired) electrons. The average molecular weight is 232 g/mol. The van der Waals surface area contributed by atoms with E-state index in [-0.39, 0.29) is 0 Å². The Kier molecular flexibility index (Phi) is 3.10. The number of ether oxygens (including phenoxy) is 1. The zero-order valence-electron chi connectivity index (χ0n) is 10.2. The summed E-state index contributed by atoms with van der Waals surface area (Å²) in [5.74, 6) is 2.24. The lowest BCUT2D eigenvalue weighted by atomic mass is 10.0. The molecule has 3 N–H and O–H groups in total. The van der Waals surface area contributed by atoms with Gasteiger partial charge in [0.05, 0.1) is 13.7 Å². The smallest absolute Gasteiger partial charge is 0.181 e. The number of H-pyrrole nitrogens is 1. The predicted molar refractivity (Wildman–Crippen MR) is 65.7 cm³/mol. The van der Waals surface area contributed by atoms with Crippen molar-refractivity contribution in [3.8, 4) is 17.1 Å². The molecule has 1 aromatic heterocycles. The Morgan fingerprint density at radius 3 is 2.65 bits per heavy atom. The molecule has 0 aliphatic carbocycles. The molecule has 0 saturated heterocycles. The molecule has 0 unspecified atom stereocenters. The largest absolute Gasteiger partial charge is 0.496 e. The minimum atomic E-state index is 0.362. The van der Waals surface area contributed by atoms with Crippen LogP contribution in [0.1, 0.15) is 17.0 Å². The Morgan fingerprint density at radius 1 is 1.29 bits per heavy atom. The monoisotopic (exact) mass is 232 g/mol. The molecule has 2 rings (SSSR count). The molecule has 0 atom stereocenters. The van der Waals surface area contributed by atoms with E-state index in [2.05, 4.69) is 15.2 Å². The third-order valence-corrected chi connectivity index (χ3v) is 2.92. The summed E-state index contributed by atoms with van der Waals surface area (Å²) in [4.78, 5) is 4.32. The number of nitrogens with zero attached hydrogens (tertiary/aromatic N) is 2. The summed E-state index contributed by atoms with van der Waals surface area (Å²) in [6.07, 6.45) is 0. The summed E-state index contributed by atoms with van der Waals surface area (Å²) < 4.78 is 5.27. The molecule has 1 heterocycles. The van der Waals surface area contributed by atoms with Crippen LogP contribution in [-0.2, 0) is 6.54 Å². The van der Waals surface area contributed by atoms with Gasteiger partial charge < -0.3 is 10.5 Å². The second kappa shape index (κ2) is 4.55. The summed E-state index contributed by atoms with van der Waals surface area (Å²) in [6.45, 7) is 4.42. The molecule has 1 aromatic carbocycles. The summed E-state index contributed by atoms with van der Waals surface area (Å²) in [5, 5.41) is 6.97. The Bertz CT molecular complexity index is 533. The summed E-state index contributed by atoms with van der Waals surface area (Å²) in [7, 11) is 1.67. The SMILES string of the molecule is COc1ccc(-c2n[nH]c(CN)n2)c(C)c1C. The van der Waals surface area contributed by atoms with Gasteiger partial charge in [0, 0.05) is 5.56 Å². The van der Waals surface area contributed by atoms with E-state index in [1.165, 1.54) is 0 Å². The lowest BCUT2D eigenvalue weighted by Crippen LogP contribution is -1.98. The molecule has 2 aromatic rings. The van der Waals surface area contributed by atoms with E-state index in [1.807, 2.05) is 26.0 Å². The van der Waals surface area contributed by atoms with Gasteiger partial charge >= 0.3 is 0 Å². The van der Waals surface area contributed by atoms with Gasteiger partial charge in [0.1, 0.15) is 11.6 Å². The zero-order chi connectivity index (χ0) is 12.4. The quantitative estimate of drug-likeness (QED) is 0.841. The lowest BCUT2D eigenvalue weighted by molar-refractivity contribution is 0.411. The highest BCUT2D eigenvalue weighted by Crippen LogP contribution is 2.28. The van der Waals surface area contributed by atoms with Gasteiger partial charge in [0.15, 0.2) is 5.82 Å². The Morgan fingerprint density at radius 2 is 2.06 bits per heavy atom. The van der Waals surface area contributed by atoms with Crippen LogP contribution in [0.3, 0.4) is 0 Å². The molecule has 0 amide bonds. The van der Waals surface area contributed by atoms with Crippen molar-refractivity contribution in [1.82, 2.24) is 15.2 Å². The Hall–Kier alpha value is -1.88. The van der Waals surface area contributed by atoms with Crippen LogP contribution in [0.15, 0.2) is 12.1 Å². The third kappa shape index (κ3) is 2.01. The van der Waals surface area contributed by atoms with Gasteiger partial charge in [0.2, 0.25) is 0 Å². The molecule has 0 spiro atoms. The number of nitrogens with two attached hydrogens (primary N) is 1. The van der Waals surface area contributed by atoms with E-state index in [0.29, 0.717) is 18.2 Å². The van der Waals surface area contributed by atoms with Crippen LogP contribution >= 0.6 is 0 Å². The fourth-order valence-corrected chi connectivity index (χ4v) is 1.77. The van der Waals surface area contributed by atoms with Crippen LogP contribution in [0.25, 0.3) is 11.4 Å². The molecule has 0 saturated carbocycles. The van der Waals surface area contributed by atoms with Gasteiger partial charge in [-0.3, -0.25) is 5.10 Å². The molecular weight excluding hydrogens is 216 g/mol.